The van der Waals surface area contributed by atoms with Crippen molar-refractivity contribution in [3.8, 4) is 6.07 Å². The molecule has 0 aliphatic heterocycles. The van der Waals surface area contributed by atoms with Crippen LogP contribution in [0.2, 0.25) is 0 Å². The van der Waals surface area contributed by atoms with Crippen LogP contribution in [0.1, 0.15) is 12.8 Å². The van der Waals surface area contributed by atoms with Crippen LogP contribution in [0.5, 0.6) is 0 Å². The molecule has 0 atom stereocenters. The largest absolute Gasteiger partial charge is 0.435 e. The fraction of sp³-hybridized carbons (Fsp3) is 0.333. The van der Waals surface area contributed by atoms with E-state index in [1.165, 1.54) is 0 Å². The molecule has 0 saturated carbocycles. The third kappa shape index (κ3) is 4.56. The van der Waals surface area contributed by atoms with Crippen molar-refractivity contribution in [3.05, 3.63) is 12.8 Å². The summed E-state index contributed by atoms with van der Waals surface area (Å²) >= 11 is 0. The van der Waals surface area contributed by atoms with Crippen molar-refractivity contribution < 1.29 is 9.53 Å². The Bertz CT molecular complexity index is 146. The van der Waals surface area contributed by atoms with Crippen LogP contribution in [-0.4, -0.2) is 5.97 Å². The predicted molar refractivity (Wildman–Crippen MR) is 31.1 cm³/mol. The normalized spacial score (nSPS) is 7.44. The molecule has 0 aromatic carbocycles. The van der Waals surface area contributed by atoms with Crippen LogP contribution in [0.4, 0.5) is 0 Å². The van der Waals surface area contributed by atoms with Crippen LogP contribution in [-0.2, 0) is 9.53 Å². The summed E-state index contributed by atoms with van der Waals surface area (Å²) in [5.74, 6) is -0.411. The van der Waals surface area contributed by atoms with Gasteiger partial charge in [0.1, 0.15) is 0 Å². The van der Waals surface area contributed by atoms with Crippen LogP contribution in [0.15, 0.2) is 12.8 Å². The van der Waals surface area contributed by atoms with Gasteiger partial charge < -0.3 is 4.74 Å². The lowest BCUT2D eigenvalue weighted by molar-refractivity contribution is -0.137. The van der Waals surface area contributed by atoms with Gasteiger partial charge >= 0.3 is 5.97 Å². The molecule has 3 nitrogen and oxygen atoms in total. The lowest BCUT2D eigenvalue weighted by Crippen LogP contribution is -1.97. The van der Waals surface area contributed by atoms with Crippen molar-refractivity contribution in [1.29, 1.82) is 5.26 Å². The van der Waals surface area contributed by atoms with Crippen LogP contribution in [0, 0.1) is 11.3 Å². The molecule has 0 aliphatic carbocycles. The maximum absolute atomic E-state index is 10.4. The number of esters is 1. The Hall–Kier alpha value is -1.30. The molecule has 0 heterocycles. The molecule has 0 fully saturated rings. The minimum atomic E-state index is -0.411. The number of ether oxygens (including phenoxy) is 1. The molecule has 48 valence electrons. The molecule has 3 heteroatoms. The predicted octanol–water partition coefficient (Wildman–Crippen LogP) is 0.977. The number of nitrogens with zero attached hydrogens (tertiary/aromatic N) is 1. The third-order valence-electron chi connectivity index (χ3n) is 0.656. The lowest BCUT2D eigenvalue weighted by atomic mass is 10.3. The minimum Gasteiger partial charge on any atom is -0.435 e. The molecule has 0 spiro atoms. The van der Waals surface area contributed by atoms with Crippen molar-refractivity contribution in [2.45, 2.75) is 12.8 Å². The molecular weight excluding hydrogens is 118 g/mol. The number of rotatable bonds is 3. The van der Waals surface area contributed by atoms with Crippen molar-refractivity contribution in [3.63, 3.8) is 0 Å². The van der Waals surface area contributed by atoms with E-state index in [1.54, 1.807) is 0 Å². The van der Waals surface area contributed by atoms with Crippen LogP contribution >= 0.6 is 0 Å². The van der Waals surface area contributed by atoms with Gasteiger partial charge in [-0.15, -0.1) is 0 Å². The van der Waals surface area contributed by atoms with Crippen LogP contribution in [0.25, 0.3) is 0 Å². The summed E-state index contributed by atoms with van der Waals surface area (Å²) in [6, 6.07) is 1.82. The number of hydrogen-bond acceptors (Lipinski definition) is 3. The topological polar surface area (TPSA) is 50.1 Å². The monoisotopic (exact) mass is 125 g/mol. The molecule has 0 aromatic heterocycles. The van der Waals surface area contributed by atoms with Gasteiger partial charge in [-0.1, -0.05) is 6.58 Å². The first kappa shape index (κ1) is 7.70. The van der Waals surface area contributed by atoms with E-state index in [-0.39, 0.29) is 12.8 Å². The second-order valence-electron chi connectivity index (χ2n) is 1.31. The second kappa shape index (κ2) is 4.85. The fourth-order valence-corrected chi connectivity index (χ4v) is 0.310. The Morgan fingerprint density at radius 1 is 1.89 bits per heavy atom. The van der Waals surface area contributed by atoms with Crippen molar-refractivity contribution in [2.75, 3.05) is 0 Å². The molecule has 0 saturated heterocycles. The molecule has 0 aliphatic rings. The zero-order valence-electron chi connectivity index (χ0n) is 4.96. The average Bonchev–Trinajstić information content (AvgIpc) is 1.85. The summed E-state index contributed by atoms with van der Waals surface area (Å²) < 4.78 is 4.32. The summed E-state index contributed by atoms with van der Waals surface area (Å²) in [6.45, 7) is 3.18. The van der Waals surface area contributed by atoms with Gasteiger partial charge in [0.05, 0.1) is 18.8 Å². The van der Waals surface area contributed by atoms with Gasteiger partial charge in [0, 0.05) is 6.42 Å². The number of carbonyl (C=O) groups is 1. The summed E-state index contributed by atoms with van der Waals surface area (Å²) in [5.41, 5.74) is 0. The zero-order valence-corrected chi connectivity index (χ0v) is 4.96. The first-order valence-electron chi connectivity index (χ1n) is 2.48. The molecule has 9 heavy (non-hydrogen) atoms. The highest BCUT2D eigenvalue weighted by atomic mass is 16.5. The number of carbonyl (C=O) groups excluding carboxylic acids is 1. The highest BCUT2D eigenvalue weighted by molar-refractivity contribution is 5.70. The molecule has 0 amide bonds. The zero-order chi connectivity index (χ0) is 7.11. The first-order chi connectivity index (χ1) is 4.31. The molecular formula is C6H7NO2. The van der Waals surface area contributed by atoms with E-state index in [0.717, 1.165) is 6.26 Å². The maximum atomic E-state index is 10.4. The van der Waals surface area contributed by atoms with Gasteiger partial charge in [-0.2, -0.15) is 5.26 Å². The Balaban J connectivity index is 3.29. The van der Waals surface area contributed by atoms with Gasteiger partial charge in [-0.25, -0.2) is 0 Å². The van der Waals surface area contributed by atoms with E-state index < -0.39 is 5.97 Å². The number of hydrogen-bond donors (Lipinski definition) is 0. The fourth-order valence-electron chi connectivity index (χ4n) is 0.310. The maximum Gasteiger partial charge on any atom is 0.311 e. The van der Waals surface area contributed by atoms with Crippen LogP contribution < -0.4 is 0 Å². The first-order valence-corrected chi connectivity index (χ1v) is 2.48. The minimum absolute atomic E-state index is 0.141. The lowest BCUT2D eigenvalue weighted by Gasteiger charge is -1.91. The highest BCUT2D eigenvalue weighted by Crippen LogP contribution is 1.89. The molecule has 0 radical (unpaired) electrons. The van der Waals surface area contributed by atoms with E-state index in [1.807, 2.05) is 6.07 Å². The standard InChI is InChI=1S/C6H7NO2/c1-2-9-6(8)4-3-5-7/h2H,1,3-4H2. The van der Waals surface area contributed by atoms with E-state index in [9.17, 15) is 4.79 Å². The Morgan fingerprint density at radius 3 is 3.00 bits per heavy atom. The summed E-state index contributed by atoms with van der Waals surface area (Å²) in [4.78, 5) is 10.4. The number of nitriles is 1. The second-order valence-corrected chi connectivity index (χ2v) is 1.31. The smallest absolute Gasteiger partial charge is 0.311 e. The van der Waals surface area contributed by atoms with Gasteiger partial charge in [0.25, 0.3) is 0 Å². The van der Waals surface area contributed by atoms with Gasteiger partial charge in [0.15, 0.2) is 0 Å². The highest BCUT2D eigenvalue weighted by Gasteiger charge is 1.97. The van der Waals surface area contributed by atoms with Crippen molar-refractivity contribution in [1.82, 2.24) is 0 Å². The summed E-state index contributed by atoms with van der Waals surface area (Å²) in [7, 11) is 0. The Labute approximate surface area is 53.5 Å². The third-order valence-corrected chi connectivity index (χ3v) is 0.656. The van der Waals surface area contributed by atoms with E-state index in [4.69, 9.17) is 5.26 Å². The van der Waals surface area contributed by atoms with E-state index in [2.05, 4.69) is 11.3 Å². The van der Waals surface area contributed by atoms with Crippen molar-refractivity contribution in [2.24, 2.45) is 0 Å². The molecule has 0 rings (SSSR count). The van der Waals surface area contributed by atoms with Gasteiger partial charge in [0.2, 0.25) is 0 Å². The van der Waals surface area contributed by atoms with E-state index >= 15 is 0 Å². The summed E-state index contributed by atoms with van der Waals surface area (Å²) in [5, 5.41) is 8.00. The summed E-state index contributed by atoms with van der Waals surface area (Å²) in [6.07, 6.45) is 1.40. The molecule has 0 bridgehead atoms. The molecule has 0 unspecified atom stereocenters. The molecule has 0 N–H and O–H groups in total. The van der Waals surface area contributed by atoms with Gasteiger partial charge in [-0.3, -0.25) is 4.79 Å². The Morgan fingerprint density at radius 2 is 2.56 bits per heavy atom. The van der Waals surface area contributed by atoms with Crippen LogP contribution in [0.3, 0.4) is 0 Å². The average molecular weight is 125 g/mol. The van der Waals surface area contributed by atoms with Crippen molar-refractivity contribution >= 4 is 5.97 Å². The SMILES string of the molecule is C=COC(=O)CCC#N. The van der Waals surface area contributed by atoms with Gasteiger partial charge in [-0.05, 0) is 0 Å². The quantitative estimate of drug-likeness (QED) is 0.417. The molecule has 0 aromatic rings. The van der Waals surface area contributed by atoms with E-state index in [0.29, 0.717) is 0 Å². The Kier molecular flexibility index (Phi) is 4.15.